The van der Waals surface area contributed by atoms with Crippen LogP contribution in [0.5, 0.6) is 0 Å². The Morgan fingerprint density at radius 3 is 2.67 bits per heavy atom. The molecule has 2 rings (SSSR count). The van der Waals surface area contributed by atoms with Crippen molar-refractivity contribution in [3.63, 3.8) is 0 Å². The summed E-state index contributed by atoms with van der Waals surface area (Å²) >= 11 is 0. The number of amides is 1. The Kier molecular flexibility index (Phi) is 5.04. The number of hydrogen-bond acceptors (Lipinski definition) is 2. The van der Waals surface area contributed by atoms with E-state index in [-0.39, 0.29) is 11.8 Å². The van der Waals surface area contributed by atoms with Gasteiger partial charge in [-0.1, -0.05) is 44.2 Å². The molecule has 116 valence electrons. The van der Waals surface area contributed by atoms with Gasteiger partial charge in [0.1, 0.15) is 0 Å². The second-order valence-corrected chi connectivity index (χ2v) is 7.01. The van der Waals surface area contributed by atoms with Crippen molar-refractivity contribution in [1.29, 1.82) is 0 Å². The number of carbonyl (C=O) groups is 1. The van der Waals surface area contributed by atoms with E-state index in [1.165, 1.54) is 5.56 Å². The van der Waals surface area contributed by atoms with E-state index in [4.69, 9.17) is 0 Å². The highest BCUT2D eigenvalue weighted by molar-refractivity contribution is 5.82. The molecule has 3 nitrogen and oxygen atoms in total. The van der Waals surface area contributed by atoms with E-state index < -0.39 is 5.60 Å². The molecule has 1 aromatic rings. The van der Waals surface area contributed by atoms with Crippen LogP contribution in [0.2, 0.25) is 0 Å². The maximum absolute atomic E-state index is 12.2. The molecule has 21 heavy (non-hydrogen) atoms. The van der Waals surface area contributed by atoms with Crippen molar-refractivity contribution in [2.24, 2.45) is 11.8 Å². The monoisotopic (exact) mass is 289 g/mol. The third-order valence-corrected chi connectivity index (χ3v) is 4.26. The van der Waals surface area contributed by atoms with E-state index in [1.807, 2.05) is 18.2 Å². The molecule has 3 atom stereocenters. The predicted octanol–water partition coefficient (Wildman–Crippen LogP) is 3.09. The van der Waals surface area contributed by atoms with Gasteiger partial charge in [0.05, 0.1) is 5.60 Å². The van der Waals surface area contributed by atoms with E-state index in [1.54, 1.807) is 6.92 Å². The van der Waals surface area contributed by atoms with Crippen molar-refractivity contribution in [1.82, 2.24) is 5.32 Å². The summed E-state index contributed by atoms with van der Waals surface area (Å²) in [6, 6.07) is 10.2. The molecule has 1 aliphatic carbocycles. The van der Waals surface area contributed by atoms with Crippen LogP contribution in [0.1, 0.15) is 51.5 Å². The lowest BCUT2D eigenvalue weighted by atomic mass is 9.95. The molecule has 0 heterocycles. The van der Waals surface area contributed by atoms with Crippen molar-refractivity contribution >= 4 is 5.91 Å². The normalized spacial score (nSPS) is 23.7. The van der Waals surface area contributed by atoms with Gasteiger partial charge >= 0.3 is 0 Å². The van der Waals surface area contributed by atoms with Crippen molar-refractivity contribution in [3.05, 3.63) is 35.9 Å². The van der Waals surface area contributed by atoms with E-state index in [0.29, 0.717) is 18.4 Å². The summed E-state index contributed by atoms with van der Waals surface area (Å²) in [5, 5.41) is 13.2. The van der Waals surface area contributed by atoms with Gasteiger partial charge in [0.2, 0.25) is 5.91 Å². The lowest BCUT2D eigenvalue weighted by molar-refractivity contribution is -0.123. The maximum Gasteiger partial charge on any atom is 0.223 e. The summed E-state index contributed by atoms with van der Waals surface area (Å²) in [5.41, 5.74) is 0.432. The second kappa shape index (κ2) is 6.61. The fourth-order valence-corrected chi connectivity index (χ4v) is 2.65. The van der Waals surface area contributed by atoms with E-state index in [0.717, 1.165) is 19.3 Å². The van der Waals surface area contributed by atoms with E-state index in [2.05, 4.69) is 31.3 Å². The molecule has 1 amide bonds. The van der Waals surface area contributed by atoms with Gasteiger partial charge in [0.15, 0.2) is 0 Å². The van der Waals surface area contributed by atoms with Crippen LogP contribution in [0.25, 0.3) is 0 Å². The van der Waals surface area contributed by atoms with Crippen LogP contribution >= 0.6 is 0 Å². The number of rotatable bonds is 7. The van der Waals surface area contributed by atoms with Crippen LogP contribution in [0.3, 0.4) is 0 Å². The molecule has 0 aromatic heterocycles. The molecule has 0 spiro atoms. The Bertz CT molecular complexity index is 467. The van der Waals surface area contributed by atoms with Crippen LogP contribution in [0, 0.1) is 11.8 Å². The first-order valence-corrected chi connectivity index (χ1v) is 7.94. The minimum Gasteiger partial charge on any atom is -0.388 e. The Hall–Kier alpha value is -1.35. The summed E-state index contributed by atoms with van der Waals surface area (Å²) in [4.78, 5) is 12.2. The van der Waals surface area contributed by atoms with Gasteiger partial charge in [-0.3, -0.25) is 4.79 Å². The topological polar surface area (TPSA) is 49.3 Å². The van der Waals surface area contributed by atoms with Gasteiger partial charge in [-0.25, -0.2) is 0 Å². The summed E-state index contributed by atoms with van der Waals surface area (Å²) in [6.07, 6.45) is 2.61. The predicted molar refractivity (Wildman–Crippen MR) is 85.0 cm³/mol. The smallest absolute Gasteiger partial charge is 0.223 e. The lowest BCUT2D eigenvalue weighted by Gasteiger charge is -2.24. The molecule has 1 aromatic carbocycles. The van der Waals surface area contributed by atoms with E-state index in [9.17, 15) is 9.90 Å². The fourth-order valence-electron chi connectivity index (χ4n) is 2.65. The van der Waals surface area contributed by atoms with E-state index >= 15 is 0 Å². The van der Waals surface area contributed by atoms with Gasteiger partial charge in [-0.15, -0.1) is 0 Å². The SMILES string of the molecule is CC(C)CCC(C)(O)CNC(=O)C1CC1c1ccccc1. The number of hydrogen-bond donors (Lipinski definition) is 2. The number of benzene rings is 1. The molecule has 0 aliphatic heterocycles. The number of aliphatic hydroxyl groups is 1. The maximum atomic E-state index is 12.2. The van der Waals surface area contributed by atoms with Crippen LogP contribution in [0.15, 0.2) is 30.3 Å². The van der Waals surface area contributed by atoms with Crippen molar-refractivity contribution in [2.45, 2.75) is 51.6 Å². The van der Waals surface area contributed by atoms with Crippen LogP contribution in [0.4, 0.5) is 0 Å². The van der Waals surface area contributed by atoms with Crippen molar-refractivity contribution in [3.8, 4) is 0 Å². The van der Waals surface area contributed by atoms with Crippen LogP contribution in [-0.2, 0) is 4.79 Å². The molecule has 0 radical (unpaired) electrons. The largest absolute Gasteiger partial charge is 0.388 e. The molecule has 1 aliphatic rings. The van der Waals surface area contributed by atoms with Gasteiger partial charge < -0.3 is 10.4 Å². The van der Waals surface area contributed by atoms with Gasteiger partial charge in [0, 0.05) is 12.5 Å². The molecular formula is C18H27NO2. The highest BCUT2D eigenvalue weighted by Gasteiger charge is 2.44. The summed E-state index contributed by atoms with van der Waals surface area (Å²) in [7, 11) is 0. The Labute approximate surface area is 127 Å². The minimum absolute atomic E-state index is 0.0771. The third-order valence-electron chi connectivity index (χ3n) is 4.26. The number of nitrogens with one attached hydrogen (secondary N) is 1. The molecule has 2 N–H and O–H groups in total. The quantitative estimate of drug-likeness (QED) is 0.810. The molecule has 3 unspecified atom stereocenters. The zero-order valence-electron chi connectivity index (χ0n) is 13.3. The van der Waals surface area contributed by atoms with Crippen LogP contribution in [-0.4, -0.2) is 23.2 Å². The van der Waals surface area contributed by atoms with Gasteiger partial charge in [0.25, 0.3) is 0 Å². The summed E-state index contributed by atoms with van der Waals surface area (Å²) in [5.74, 6) is 1.08. The zero-order valence-corrected chi connectivity index (χ0v) is 13.3. The Morgan fingerprint density at radius 1 is 1.38 bits per heavy atom. The lowest BCUT2D eigenvalue weighted by Crippen LogP contribution is -2.41. The molecular weight excluding hydrogens is 262 g/mol. The molecule has 1 fully saturated rings. The van der Waals surface area contributed by atoms with Gasteiger partial charge in [-0.05, 0) is 43.6 Å². The first-order valence-electron chi connectivity index (χ1n) is 7.94. The van der Waals surface area contributed by atoms with Crippen molar-refractivity contribution in [2.75, 3.05) is 6.54 Å². The molecule has 3 heteroatoms. The highest BCUT2D eigenvalue weighted by atomic mass is 16.3. The molecule has 1 saturated carbocycles. The van der Waals surface area contributed by atoms with Crippen LogP contribution < -0.4 is 5.32 Å². The number of carbonyl (C=O) groups excluding carboxylic acids is 1. The second-order valence-electron chi connectivity index (χ2n) is 7.01. The highest BCUT2D eigenvalue weighted by Crippen LogP contribution is 2.47. The third kappa shape index (κ3) is 4.85. The zero-order chi connectivity index (χ0) is 15.5. The summed E-state index contributed by atoms with van der Waals surface area (Å²) < 4.78 is 0. The Morgan fingerprint density at radius 2 is 2.05 bits per heavy atom. The fraction of sp³-hybridized carbons (Fsp3) is 0.611. The Balaban J connectivity index is 1.76. The van der Waals surface area contributed by atoms with Crippen molar-refractivity contribution < 1.29 is 9.90 Å². The molecule has 0 saturated heterocycles. The first kappa shape index (κ1) is 16.0. The minimum atomic E-state index is -0.808. The molecule has 0 bridgehead atoms. The summed E-state index contributed by atoms with van der Waals surface area (Å²) in [6.45, 7) is 6.43. The van der Waals surface area contributed by atoms with Gasteiger partial charge in [-0.2, -0.15) is 0 Å². The average molecular weight is 289 g/mol. The average Bonchev–Trinajstić information content (AvgIpc) is 3.24. The first-order chi connectivity index (χ1) is 9.89. The standard InChI is InChI=1S/C18H27NO2/c1-13(2)9-10-18(3,21)12-19-17(20)16-11-15(16)14-7-5-4-6-8-14/h4-8,13,15-16,21H,9-12H2,1-3H3,(H,19,20).